The van der Waals surface area contributed by atoms with Gasteiger partial charge < -0.3 is 0 Å². The normalized spacial score (nSPS) is 18.4. The van der Waals surface area contributed by atoms with E-state index in [0.29, 0.717) is 5.56 Å². The molecule has 1 nitrogen and oxygen atoms in total. The summed E-state index contributed by atoms with van der Waals surface area (Å²) >= 11 is 0. The van der Waals surface area contributed by atoms with Crippen molar-refractivity contribution in [3.63, 3.8) is 0 Å². The van der Waals surface area contributed by atoms with Crippen molar-refractivity contribution in [3.05, 3.63) is 34.9 Å². The van der Waals surface area contributed by atoms with Gasteiger partial charge in [-0.25, -0.2) is 8.78 Å². The molecule has 1 fully saturated rings. The number of halogens is 2. The number of hydrogen-bond acceptors (Lipinski definition) is 1. The van der Waals surface area contributed by atoms with Gasteiger partial charge in [-0.15, -0.1) is 0 Å². The fourth-order valence-electron chi connectivity index (χ4n) is 2.55. The maximum atomic E-state index is 13.9. The molecular formula is C14H16F2O. The van der Waals surface area contributed by atoms with E-state index in [2.05, 4.69) is 0 Å². The van der Waals surface area contributed by atoms with Gasteiger partial charge in [0.1, 0.15) is 11.6 Å². The van der Waals surface area contributed by atoms with Gasteiger partial charge in [-0.3, -0.25) is 4.79 Å². The molecule has 1 aromatic carbocycles. The predicted octanol–water partition coefficient (Wildman–Crippen LogP) is 4.04. The molecule has 2 rings (SSSR count). The summed E-state index contributed by atoms with van der Waals surface area (Å²) in [6.07, 6.45) is 3.35. The number of carbonyl (C=O) groups is 1. The lowest BCUT2D eigenvalue weighted by atomic mass is 9.80. The van der Waals surface area contributed by atoms with Gasteiger partial charge in [0.2, 0.25) is 0 Å². The number of carbonyl (C=O) groups excluding carboxylic acids is 1. The second-order valence-corrected chi connectivity index (χ2v) is 5.15. The maximum absolute atomic E-state index is 13.9. The third-order valence-electron chi connectivity index (χ3n) is 3.77. The molecule has 0 radical (unpaired) electrons. The molecule has 0 atom stereocenters. The summed E-state index contributed by atoms with van der Waals surface area (Å²) in [5, 5.41) is 0. The third-order valence-corrected chi connectivity index (χ3v) is 3.77. The average Bonchev–Trinajstić information content (AvgIpc) is 2.72. The Bertz CT molecular complexity index is 460. The number of hydrogen-bond donors (Lipinski definition) is 0. The van der Waals surface area contributed by atoms with Gasteiger partial charge in [0.05, 0.1) is 5.56 Å². The Morgan fingerprint density at radius 2 is 1.82 bits per heavy atom. The SMILES string of the molecule is Cc1ccc(F)c(C(=O)C2(C)CCCC2)c1F. The van der Waals surface area contributed by atoms with Crippen LogP contribution < -0.4 is 0 Å². The molecule has 92 valence electrons. The van der Waals surface area contributed by atoms with Crippen molar-refractivity contribution in [2.75, 3.05) is 0 Å². The second kappa shape index (κ2) is 4.21. The highest BCUT2D eigenvalue weighted by Gasteiger charge is 2.39. The first-order chi connectivity index (χ1) is 7.96. The molecule has 0 amide bonds. The predicted molar refractivity (Wildman–Crippen MR) is 62.0 cm³/mol. The lowest BCUT2D eigenvalue weighted by Crippen LogP contribution is -2.26. The smallest absolute Gasteiger partial charge is 0.174 e. The van der Waals surface area contributed by atoms with Crippen LogP contribution in [-0.4, -0.2) is 5.78 Å². The monoisotopic (exact) mass is 238 g/mol. The Kier molecular flexibility index (Phi) is 3.02. The fraction of sp³-hybridized carbons (Fsp3) is 0.500. The number of rotatable bonds is 2. The van der Waals surface area contributed by atoms with Crippen LogP contribution in [0.5, 0.6) is 0 Å². The van der Waals surface area contributed by atoms with Crippen LogP contribution in [-0.2, 0) is 0 Å². The molecule has 3 heteroatoms. The first kappa shape index (κ1) is 12.2. The van der Waals surface area contributed by atoms with E-state index in [1.807, 2.05) is 6.92 Å². The summed E-state index contributed by atoms with van der Waals surface area (Å²) in [5.41, 5.74) is -0.624. The van der Waals surface area contributed by atoms with Crippen molar-refractivity contribution in [1.29, 1.82) is 0 Å². The Balaban J connectivity index is 2.47. The quantitative estimate of drug-likeness (QED) is 0.711. The minimum absolute atomic E-state index is 0.316. The zero-order valence-corrected chi connectivity index (χ0v) is 10.1. The van der Waals surface area contributed by atoms with Gasteiger partial charge in [-0.1, -0.05) is 25.8 Å². The van der Waals surface area contributed by atoms with Crippen molar-refractivity contribution in [3.8, 4) is 0 Å². The molecule has 17 heavy (non-hydrogen) atoms. The van der Waals surface area contributed by atoms with Crippen molar-refractivity contribution in [2.24, 2.45) is 5.41 Å². The highest BCUT2D eigenvalue weighted by Crippen LogP contribution is 2.41. The highest BCUT2D eigenvalue weighted by molar-refractivity contribution is 6.01. The number of benzene rings is 1. The number of ketones is 1. The third kappa shape index (κ3) is 1.99. The topological polar surface area (TPSA) is 17.1 Å². The maximum Gasteiger partial charge on any atom is 0.174 e. The second-order valence-electron chi connectivity index (χ2n) is 5.15. The molecule has 1 aliphatic rings. The molecule has 0 saturated heterocycles. The number of Topliss-reactive ketones (excluding diaryl/α,β-unsaturated/α-hetero) is 1. The molecular weight excluding hydrogens is 222 g/mol. The summed E-state index contributed by atoms with van der Waals surface area (Å²) in [4.78, 5) is 12.3. The number of aryl methyl sites for hydroxylation is 1. The highest BCUT2D eigenvalue weighted by atomic mass is 19.1. The van der Waals surface area contributed by atoms with Crippen molar-refractivity contribution in [1.82, 2.24) is 0 Å². The first-order valence-corrected chi connectivity index (χ1v) is 5.95. The first-order valence-electron chi connectivity index (χ1n) is 5.95. The molecule has 0 heterocycles. The Morgan fingerprint density at radius 1 is 1.24 bits per heavy atom. The molecule has 0 aromatic heterocycles. The molecule has 0 spiro atoms. The molecule has 1 saturated carbocycles. The van der Waals surface area contributed by atoms with Crippen LogP contribution in [0.25, 0.3) is 0 Å². The van der Waals surface area contributed by atoms with Gasteiger partial charge in [-0.05, 0) is 31.4 Å². The van der Waals surface area contributed by atoms with Crippen LogP contribution in [0, 0.1) is 24.0 Å². The van der Waals surface area contributed by atoms with Crippen LogP contribution >= 0.6 is 0 Å². The molecule has 1 aliphatic carbocycles. The van der Waals surface area contributed by atoms with Crippen molar-refractivity contribution in [2.45, 2.75) is 39.5 Å². The zero-order valence-electron chi connectivity index (χ0n) is 10.1. The molecule has 0 bridgehead atoms. The zero-order chi connectivity index (χ0) is 12.6. The molecule has 0 aliphatic heterocycles. The van der Waals surface area contributed by atoms with Gasteiger partial charge >= 0.3 is 0 Å². The van der Waals surface area contributed by atoms with Crippen LogP contribution in [0.3, 0.4) is 0 Å². The average molecular weight is 238 g/mol. The minimum Gasteiger partial charge on any atom is -0.293 e. The Labute approximate surface area is 99.8 Å². The van der Waals surface area contributed by atoms with E-state index >= 15 is 0 Å². The standard InChI is InChI=1S/C14H16F2O/c1-9-5-6-10(15)11(12(9)16)13(17)14(2)7-3-4-8-14/h5-6H,3-4,7-8H2,1-2H3. The van der Waals surface area contributed by atoms with Gasteiger partial charge in [-0.2, -0.15) is 0 Å². The molecule has 0 N–H and O–H groups in total. The summed E-state index contributed by atoms with van der Waals surface area (Å²) in [5.74, 6) is -1.83. The van der Waals surface area contributed by atoms with Crippen molar-refractivity contribution >= 4 is 5.78 Å². The van der Waals surface area contributed by atoms with Gasteiger partial charge in [0.25, 0.3) is 0 Å². The van der Waals surface area contributed by atoms with Crippen molar-refractivity contribution < 1.29 is 13.6 Å². The Hall–Kier alpha value is -1.25. The van der Waals surface area contributed by atoms with E-state index < -0.39 is 17.0 Å². The van der Waals surface area contributed by atoms with Crippen LogP contribution in [0.1, 0.15) is 48.5 Å². The largest absolute Gasteiger partial charge is 0.293 e. The van der Waals surface area contributed by atoms with Gasteiger partial charge in [0, 0.05) is 5.41 Å². The van der Waals surface area contributed by atoms with Gasteiger partial charge in [0.15, 0.2) is 5.78 Å². The van der Waals surface area contributed by atoms with Crippen LogP contribution in [0.4, 0.5) is 8.78 Å². The van der Waals surface area contributed by atoms with Crippen LogP contribution in [0.2, 0.25) is 0 Å². The molecule has 0 unspecified atom stereocenters. The summed E-state index contributed by atoms with van der Waals surface area (Å²) in [6, 6.07) is 2.53. The summed E-state index contributed by atoms with van der Waals surface area (Å²) in [6.45, 7) is 3.35. The van der Waals surface area contributed by atoms with E-state index in [9.17, 15) is 13.6 Å². The molecule has 1 aromatic rings. The van der Waals surface area contributed by atoms with E-state index in [0.717, 1.165) is 25.7 Å². The lowest BCUT2D eigenvalue weighted by molar-refractivity contribution is 0.0814. The van der Waals surface area contributed by atoms with E-state index in [1.54, 1.807) is 6.92 Å². The van der Waals surface area contributed by atoms with Crippen LogP contribution in [0.15, 0.2) is 12.1 Å². The Morgan fingerprint density at radius 3 is 2.41 bits per heavy atom. The van der Waals surface area contributed by atoms with E-state index in [-0.39, 0.29) is 11.3 Å². The summed E-state index contributed by atoms with van der Waals surface area (Å²) in [7, 11) is 0. The fourth-order valence-corrected chi connectivity index (χ4v) is 2.55. The van der Waals surface area contributed by atoms with E-state index in [4.69, 9.17) is 0 Å². The minimum atomic E-state index is -0.744. The lowest BCUT2D eigenvalue weighted by Gasteiger charge is -2.22. The van der Waals surface area contributed by atoms with E-state index in [1.165, 1.54) is 12.1 Å². The summed E-state index contributed by atoms with van der Waals surface area (Å²) < 4.78 is 27.5.